The first kappa shape index (κ1) is 16.2. The van der Waals surface area contributed by atoms with Gasteiger partial charge in [0, 0.05) is 12.1 Å². The van der Waals surface area contributed by atoms with Gasteiger partial charge >= 0.3 is 12.0 Å². The van der Waals surface area contributed by atoms with E-state index in [1.54, 1.807) is 13.8 Å². The van der Waals surface area contributed by atoms with Crippen LogP contribution in [0.3, 0.4) is 0 Å². The van der Waals surface area contributed by atoms with Gasteiger partial charge in [0.25, 0.3) is 0 Å². The van der Waals surface area contributed by atoms with Crippen molar-refractivity contribution in [3.63, 3.8) is 0 Å². The number of nitrogens with one attached hydrogen (secondary N) is 3. The molecule has 0 saturated carbocycles. The monoisotopic (exact) mass is 259 g/mol. The van der Waals surface area contributed by atoms with Crippen LogP contribution in [0.25, 0.3) is 0 Å². The number of carboxylic acid groups (broad SMARTS) is 1. The van der Waals surface area contributed by atoms with E-state index >= 15 is 0 Å². The van der Waals surface area contributed by atoms with Gasteiger partial charge in [0.2, 0.25) is 5.91 Å². The third-order valence-corrected chi connectivity index (χ3v) is 2.03. The molecule has 0 aromatic heterocycles. The fourth-order valence-electron chi connectivity index (χ4n) is 1.26. The molecule has 0 aliphatic carbocycles. The minimum Gasteiger partial charge on any atom is -0.481 e. The van der Waals surface area contributed by atoms with Crippen molar-refractivity contribution in [2.75, 3.05) is 13.1 Å². The van der Waals surface area contributed by atoms with Crippen molar-refractivity contribution < 1.29 is 19.5 Å². The van der Waals surface area contributed by atoms with Crippen LogP contribution in [0, 0.1) is 0 Å². The maximum absolute atomic E-state index is 11.4. The molecule has 0 aliphatic heterocycles. The van der Waals surface area contributed by atoms with Crippen LogP contribution in [-0.4, -0.2) is 41.6 Å². The number of aliphatic carboxylic acids is 1. The van der Waals surface area contributed by atoms with E-state index in [2.05, 4.69) is 16.0 Å². The number of carbonyl (C=O) groups excluding carboxylic acids is 2. The summed E-state index contributed by atoms with van der Waals surface area (Å²) >= 11 is 0. The average Bonchev–Trinajstić information content (AvgIpc) is 2.20. The van der Waals surface area contributed by atoms with Crippen LogP contribution in [0.4, 0.5) is 4.79 Å². The molecule has 7 nitrogen and oxygen atoms in total. The quantitative estimate of drug-likeness (QED) is 0.518. The van der Waals surface area contributed by atoms with Crippen molar-refractivity contribution in [3.05, 3.63) is 0 Å². The Balaban J connectivity index is 3.96. The van der Waals surface area contributed by atoms with E-state index in [4.69, 9.17) is 5.11 Å². The summed E-state index contributed by atoms with van der Waals surface area (Å²) in [6.07, 6.45) is 0.631. The molecule has 0 radical (unpaired) electrons. The molecule has 4 N–H and O–H groups in total. The molecule has 0 atom stereocenters. The third kappa shape index (κ3) is 8.37. The van der Waals surface area contributed by atoms with Crippen LogP contribution in [0.5, 0.6) is 0 Å². The van der Waals surface area contributed by atoms with E-state index in [-0.39, 0.29) is 18.9 Å². The first-order chi connectivity index (χ1) is 8.26. The van der Waals surface area contributed by atoms with Crippen LogP contribution >= 0.6 is 0 Å². The highest BCUT2D eigenvalue weighted by Crippen LogP contribution is 2.07. The first-order valence-corrected chi connectivity index (χ1v) is 5.81. The van der Waals surface area contributed by atoms with Gasteiger partial charge in [-0.15, -0.1) is 0 Å². The van der Waals surface area contributed by atoms with E-state index < -0.39 is 17.5 Å². The summed E-state index contributed by atoms with van der Waals surface area (Å²) in [6, 6.07) is -0.562. The molecule has 0 heterocycles. The van der Waals surface area contributed by atoms with Crippen molar-refractivity contribution in [3.8, 4) is 0 Å². The van der Waals surface area contributed by atoms with Crippen LogP contribution in [0.15, 0.2) is 0 Å². The summed E-state index contributed by atoms with van der Waals surface area (Å²) in [4.78, 5) is 33.2. The van der Waals surface area contributed by atoms with Gasteiger partial charge in [0.1, 0.15) is 0 Å². The van der Waals surface area contributed by atoms with Gasteiger partial charge in [-0.2, -0.15) is 0 Å². The molecule has 0 bridgehead atoms. The first-order valence-electron chi connectivity index (χ1n) is 5.81. The number of carboxylic acids is 1. The maximum atomic E-state index is 11.4. The van der Waals surface area contributed by atoms with E-state index in [0.717, 1.165) is 6.42 Å². The lowest BCUT2D eigenvalue weighted by Crippen LogP contribution is -2.51. The van der Waals surface area contributed by atoms with Crippen molar-refractivity contribution >= 4 is 17.9 Å². The Hall–Kier alpha value is -1.79. The topological polar surface area (TPSA) is 108 Å². The molecule has 104 valence electrons. The highest BCUT2D eigenvalue weighted by Gasteiger charge is 2.23. The molecule has 0 rings (SSSR count). The van der Waals surface area contributed by atoms with Crippen molar-refractivity contribution in [1.29, 1.82) is 0 Å². The third-order valence-electron chi connectivity index (χ3n) is 2.03. The zero-order valence-electron chi connectivity index (χ0n) is 11.0. The molecule has 0 fully saturated rings. The molecular weight excluding hydrogens is 238 g/mol. The number of amides is 3. The normalized spacial score (nSPS) is 10.6. The van der Waals surface area contributed by atoms with E-state index in [1.807, 2.05) is 6.92 Å². The summed E-state index contributed by atoms with van der Waals surface area (Å²) in [6.45, 7) is 5.55. The molecule has 0 spiro atoms. The standard InChI is InChI=1S/C11H21N3O4/c1-4-5-12-8(15)7-13-10(18)14-11(2,3)6-9(16)17/h4-7H2,1-3H3,(H,12,15)(H,16,17)(H2,13,14,18). The Morgan fingerprint density at radius 3 is 2.28 bits per heavy atom. The van der Waals surface area contributed by atoms with Crippen LogP contribution in [0.2, 0.25) is 0 Å². The Morgan fingerprint density at radius 1 is 1.17 bits per heavy atom. The van der Waals surface area contributed by atoms with Gasteiger partial charge < -0.3 is 21.1 Å². The summed E-state index contributed by atoms with van der Waals surface area (Å²) in [5, 5.41) is 16.1. The number of urea groups is 1. The fourth-order valence-corrected chi connectivity index (χ4v) is 1.26. The average molecular weight is 259 g/mol. The lowest BCUT2D eigenvalue weighted by atomic mass is 10.0. The SMILES string of the molecule is CCCNC(=O)CNC(=O)NC(C)(C)CC(=O)O. The number of hydrogen-bond donors (Lipinski definition) is 4. The van der Waals surface area contributed by atoms with Gasteiger partial charge in [0.15, 0.2) is 0 Å². The van der Waals surface area contributed by atoms with Gasteiger partial charge in [-0.05, 0) is 20.3 Å². The number of carbonyl (C=O) groups is 3. The largest absolute Gasteiger partial charge is 0.481 e. The fraction of sp³-hybridized carbons (Fsp3) is 0.727. The predicted octanol–water partition coefficient (Wildman–Crippen LogP) is 0.0651. The van der Waals surface area contributed by atoms with Crippen molar-refractivity contribution in [2.45, 2.75) is 39.2 Å². The van der Waals surface area contributed by atoms with Gasteiger partial charge in [0.05, 0.1) is 13.0 Å². The Bertz CT molecular complexity index is 315. The second-order valence-electron chi connectivity index (χ2n) is 4.61. The lowest BCUT2D eigenvalue weighted by molar-refractivity contribution is -0.138. The minimum atomic E-state index is -0.999. The van der Waals surface area contributed by atoms with Crippen LogP contribution < -0.4 is 16.0 Å². The van der Waals surface area contributed by atoms with Gasteiger partial charge in [-0.3, -0.25) is 9.59 Å². The summed E-state index contributed by atoms with van der Waals surface area (Å²) in [5.74, 6) is -1.27. The molecule has 0 aromatic rings. The molecule has 0 aromatic carbocycles. The summed E-state index contributed by atoms with van der Waals surface area (Å²) in [5.41, 5.74) is -0.865. The predicted molar refractivity (Wildman–Crippen MR) is 66.2 cm³/mol. The highest BCUT2D eigenvalue weighted by molar-refractivity contribution is 5.84. The summed E-state index contributed by atoms with van der Waals surface area (Å²) < 4.78 is 0. The lowest BCUT2D eigenvalue weighted by Gasteiger charge is -2.24. The molecule has 3 amide bonds. The summed E-state index contributed by atoms with van der Waals surface area (Å²) in [7, 11) is 0. The highest BCUT2D eigenvalue weighted by atomic mass is 16.4. The van der Waals surface area contributed by atoms with E-state index in [9.17, 15) is 14.4 Å². The number of hydrogen-bond acceptors (Lipinski definition) is 3. The van der Waals surface area contributed by atoms with Crippen molar-refractivity contribution in [2.24, 2.45) is 0 Å². The molecule has 18 heavy (non-hydrogen) atoms. The van der Waals surface area contributed by atoms with E-state index in [0.29, 0.717) is 6.54 Å². The molecule has 0 saturated heterocycles. The molecule has 7 heteroatoms. The molecule has 0 aliphatic rings. The number of rotatable bonds is 7. The molecular formula is C11H21N3O4. The zero-order valence-corrected chi connectivity index (χ0v) is 11.0. The van der Waals surface area contributed by atoms with Gasteiger partial charge in [-0.1, -0.05) is 6.92 Å². The van der Waals surface area contributed by atoms with Crippen LogP contribution in [-0.2, 0) is 9.59 Å². The van der Waals surface area contributed by atoms with E-state index in [1.165, 1.54) is 0 Å². The Kier molecular flexibility index (Phi) is 6.77. The van der Waals surface area contributed by atoms with Gasteiger partial charge in [-0.25, -0.2) is 4.79 Å². The van der Waals surface area contributed by atoms with Crippen molar-refractivity contribution in [1.82, 2.24) is 16.0 Å². The zero-order chi connectivity index (χ0) is 14.2. The molecule has 0 unspecified atom stereocenters. The minimum absolute atomic E-state index is 0.130. The Morgan fingerprint density at radius 2 is 1.78 bits per heavy atom. The second-order valence-corrected chi connectivity index (χ2v) is 4.61. The Labute approximate surface area is 106 Å². The van der Waals surface area contributed by atoms with Crippen LogP contribution in [0.1, 0.15) is 33.6 Å². The maximum Gasteiger partial charge on any atom is 0.315 e. The second kappa shape index (κ2) is 7.52. The smallest absolute Gasteiger partial charge is 0.315 e.